The Labute approximate surface area is 158 Å². The lowest BCUT2D eigenvalue weighted by molar-refractivity contribution is -0.120. The fraction of sp³-hybridized carbons (Fsp3) is 0.105. The van der Waals surface area contributed by atoms with Gasteiger partial charge in [0.05, 0.1) is 12.8 Å². The minimum absolute atomic E-state index is 0.139. The molecule has 1 aliphatic rings. The standard InChI is InChI=1S/C19H15N3O4S/c23-18(22-21-8-13-10-27-17-4-2-1-3-14(13)17)9-20-19(24)12-5-6-15-16(7-12)26-11-25-15/h1-8,10H,9,11H2,(H,20,24)(H,22,23). The normalized spacial score (nSPS) is 12.4. The van der Waals surface area contributed by atoms with Gasteiger partial charge in [0, 0.05) is 26.6 Å². The molecule has 7 nitrogen and oxygen atoms in total. The first-order valence-electron chi connectivity index (χ1n) is 8.17. The summed E-state index contributed by atoms with van der Waals surface area (Å²) in [4.78, 5) is 24.0. The van der Waals surface area contributed by atoms with E-state index in [1.807, 2.05) is 29.6 Å². The van der Waals surface area contributed by atoms with Crippen LogP contribution in [0.3, 0.4) is 0 Å². The molecule has 4 rings (SSSR count). The van der Waals surface area contributed by atoms with E-state index in [1.54, 1.807) is 35.8 Å². The van der Waals surface area contributed by atoms with Gasteiger partial charge in [0.1, 0.15) is 0 Å². The van der Waals surface area contributed by atoms with Crippen molar-refractivity contribution in [3.63, 3.8) is 0 Å². The predicted octanol–water partition coefficient (Wildman–Crippen LogP) is 2.51. The van der Waals surface area contributed by atoms with E-state index in [0.29, 0.717) is 17.1 Å². The lowest BCUT2D eigenvalue weighted by atomic mass is 10.2. The Hall–Kier alpha value is -3.39. The Morgan fingerprint density at radius 3 is 2.93 bits per heavy atom. The molecule has 1 aliphatic heterocycles. The van der Waals surface area contributed by atoms with Crippen LogP contribution >= 0.6 is 11.3 Å². The number of hydrazone groups is 1. The minimum Gasteiger partial charge on any atom is -0.454 e. The quantitative estimate of drug-likeness (QED) is 0.525. The Morgan fingerprint density at radius 1 is 1.15 bits per heavy atom. The van der Waals surface area contributed by atoms with Gasteiger partial charge in [0.2, 0.25) is 6.79 Å². The van der Waals surface area contributed by atoms with E-state index in [2.05, 4.69) is 15.8 Å². The van der Waals surface area contributed by atoms with Crippen molar-refractivity contribution in [3.05, 3.63) is 59.0 Å². The summed E-state index contributed by atoms with van der Waals surface area (Å²) in [5, 5.41) is 9.55. The van der Waals surface area contributed by atoms with Crippen LogP contribution in [0.25, 0.3) is 10.1 Å². The molecule has 3 aromatic rings. The molecule has 0 radical (unpaired) electrons. The summed E-state index contributed by atoms with van der Waals surface area (Å²) in [6.07, 6.45) is 1.59. The van der Waals surface area contributed by atoms with E-state index in [-0.39, 0.29) is 19.2 Å². The summed E-state index contributed by atoms with van der Waals surface area (Å²) in [6.45, 7) is -0.0464. The first kappa shape index (κ1) is 17.0. The molecule has 27 heavy (non-hydrogen) atoms. The van der Waals surface area contributed by atoms with Crippen LogP contribution in [0.5, 0.6) is 11.5 Å². The van der Waals surface area contributed by atoms with Crippen LogP contribution in [0.2, 0.25) is 0 Å². The van der Waals surface area contributed by atoms with Crippen molar-refractivity contribution in [1.29, 1.82) is 0 Å². The number of nitrogens with zero attached hydrogens (tertiary/aromatic N) is 1. The van der Waals surface area contributed by atoms with Gasteiger partial charge in [-0.15, -0.1) is 11.3 Å². The number of fused-ring (bicyclic) bond motifs is 2. The van der Waals surface area contributed by atoms with Gasteiger partial charge in [-0.1, -0.05) is 18.2 Å². The fourth-order valence-corrected chi connectivity index (χ4v) is 3.52. The van der Waals surface area contributed by atoms with Crippen LogP contribution in [0, 0.1) is 0 Å². The molecule has 2 aromatic carbocycles. The summed E-state index contributed by atoms with van der Waals surface area (Å²) in [6, 6.07) is 12.8. The average Bonchev–Trinajstić information content (AvgIpc) is 3.32. The Morgan fingerprint density at radius 2 is 2.00 bits per heavy atom. The lowest BCUT2D eigenvalue weighted by Gasteiger charge is -2.05. The number of rotatable bonds is 5. The van der Waals surface area contributed by atoms with E-state index in [9.17, 15) is 9.59 Å². The van der Waals surface area contributed by atoms with Crippen LogP contribution < -0.4 is 20.2 Å². The van der Waals surface area contributed by atoms with Gasteiger partial charge in [-0.3, -0.25) is 9.59 Å². The highest BCUT2D eigenvalue weighted by Crippen LogP contribution is 2.32. The predicted molar refractivity (Wildman–Crippen MR) is 102 cm³/mol. The summed E-state index contributed by atoms with van der Waals surface area (Å²) < 4.78 is 11.6. The molecule has 0 atom stereocenters. The van der Waals surface area contributed by atoms with Crippen molar-refractivity contribution in [2.45, 2.75) is 0 Å². The van der Waals surface area contributed by atoms with Gasteiger partial charge in [-0.05, 0) is 24.3 Å². The second kappa shape index (κ2) is 7.46. The average molecular weight is 381 g/mol. The maximum atomic E-state index is 12.1. The van der Waals surface area contributed by atoms with Crippen LogP contribution in [-0.2, 0) is 4.79 Å². The SMILES string of the molecule is O=C(CNC(=O)c1ccc2c(c1)OCO2)NN=Cc1csc2ccccc12. The first-order valence-corrected chi connectivity index (χ1v) is 9.04. The van der Waals surface area contributed by atoms with E-state index < -0.39 is 5.91 Å². The monoisotopic (exact) mass is 381 g/mol. The summed E-state index contributed by atoms with van der Waals surface area (Å²) >= 11 is 1.61. The summed E-state index contributed by atoms with van der Waals surface area (Å²) in [5.74, 6) is 0.315. The molecule has 0 saturated heterocycles. The number of thiophene rings is 1. The van der Waals surface area contributed by atoms with E-state index in [0.717, 1.165) is 15.6 Å². The third-order valence-electron chi connectivity index (χ3n) is 3.95. The molecule has 2 N–H and O–H groups in total. The third kappa shape index (κ3) is 3.75. The highest BCUT2D eigenvalue weighted by Gasteiger charge is 2.16. The molecule has 136 valence electrons. The molecule has 0 fully saturated rings. The molecule has 8 heteroatoms. The van der Waals surface area contributed by atoms with E-state index in [4.69, 9.17) is 9.47 Å². The number of hydrogen-bond donors (Lipinski definition) is 2. The lowest BCUT2D eigenvalue weighted by Crippen LogP contribution is -2.34. The largest absolute Gasteiger partial charge is 0.454 e. The number of carbonyl (C=O) groups excluding carboxylic acids is 2. The van der Waals surface area contributed by atoms with E-state index >= 15 is 0 Å². The zero-order valence-corrected chi connectivity index (χ0v) is 14.9. The van der Waals surface area contributed by atoms with Crippen LogP contribution in [0.4, 0.5) is 0 Å². The number of nitrogens with one attached hydrogen (secondary N) is 2. The molecule has 0 unspecified atom stereocenters. The zero-order valence-electron chi connectivity index (χ0n) is 14.1. The molecule has 2 amide bonds. The van der Waals surface area contributed by atoms with Crippen molar-refractivity contribution in [2.75, 3.05) is 13.3 Å². The molecule has 0 bridgehead atoms. The van der Waals surface area contributed by atoms with Crippen molar-refractivity contribution in [3.8, 4) is 11.5 Å². The van der Waals surface area contributed by atoms with Crippen molar-refractivity contribution in [1.82, 2.24) is 10.7 Å². The topological polar surface area (TPSA) is 89.0 Å². The van der Waals surface area contributed by atoms with Gasteiger partial charge >= 0.3 is 0 Å². The molecule has 0 saturated carbocycles. The second-order valence-electron chi connectivity index (χ2n) is 5.73. The summed E-state index contributed by atoms with van der Waals surface area (Å²) in [5.41, 5.74) is 3.73. The van der Waals surface area contributed by atoms with Crippen molar-refractivity contribution in [2.24, 2.45) is 5.10 Å². The Bertz CT molecular complexity index is 1040. The molecular weight excluding hydrogens is 366 g/mol. The minimum atomic E-state index is -0.417. The van der Waals surface area contributed by atoms with Crippen LogP contribution in [-0.4, -0.2) is 31.4 Å². The van der Waals surface area contributed by atoms with Gasteiger partial charge < -0.3 is 14.8 Å². The molecular formula is C19H15N3O4S. The van der Waals surface area contributed by atoms with Crippen molar-refractivity contribution < 1.29 is 19.1 Å². The van der Waals surface area contributed by atoms with Crippen LogP contribution in [0.15, 0.2) is 52.9 Å². The molecule has 0 aliphatic carbocycles. The molecule has 0 spiro atoms. The number of benzene rings is 2. The Balaban J connectivity index is 1.30. The Kier molecular flexibility index (Phi) is 4.71. The summed E-state index contributed by atoms with van der Waals surface area (Å²) in [7, 11) is 0. The molecule has 2 heterocycles. The maximum Gasteiger partial charge on any atom is 0.259 e. The van der Waals surface area contributed by atoms with Crippen LogP contribution in [0.1, 0.15) is 15.9 Å². The third-order valence-corrected chi connectivity index (χ3v) is 4.93. The smallest absolute Gasteiger partial charge is 0.259 e. The van der Waals surface area contributed by atoms with Gasteiger partial charge in [-0.2, -0.15) is 5.10 Å². The number of hydrogen-bond acceptors (Lipinski definition) is 6. The van der Waals surface area contributed by atoms with Gasteiger partial charge in [0.15, 0.2) is 11.5 Å². The van der Waals surface area contributed by atoms with Crippen molar-refractivity contribution >= 4 is 39.5 Å². The fourth-order valence-electron chi connectivity index (χ4n) is 2.61. The zero-order chi connectivity index (χ0) is 18.6. The van der Waals surface area contributed by atoms with Gasteiger partial charge in [-0.25, -0.2) is 5.43 Å². The number of ether oxygens (including phenoxy) is 2. The highest BCUT2D eigenvalue weighted by atomic mass is 32.1. The number of amides is 2. The second-order valence-corrected chi connectivity index (χ2v) is 6.64. The maximum absolute atomic E-state index is 12.1. The van der Waals surface area contributed by atoms with Gasteiger partial charge in [0.25, 0.3) is 11.8 Å². The molecule has 1 aromatic heterocycles. The van der Waals surface area contributed by atoms with E-state index in [1.165, 1.54) is 0 Å². The highest BCUT2D eigenvalue weighted by molar-refractivity contribution is 7.17. The number of carbonyl (C=O) groups is 2. The first-order chi connectivity index (χ1) is 13.2.